The van der Waals surface area contributed by atoms with Crippen LogP contribution in [0.2, 0.25) is 0 Å². The molecule has 0 amide bonds. The Morgan fingerprint density at radius 3 is 2.78 bits per heavy atom. The fraction of sp³-hybridized carbons (Fsp3) is 0.267. The molecule has 0 atom stereocenters. The Hall–Kier alpha value is -2.64. The lowest BCUT2D eigenvalue weighted by Crippen LogP contribution is -2.10. The maximum atomic E-state index is 13.8. The molecule has 0 radical (unpaired) electrons. The van der Waals surface area contributed by atoms with Crippen molar-refractivity contribution in [1.29, 1.82) is 0 Å². The quantitative estimate of drug-likeness (QED) is 0.858. The molecule has 1 aromatic carbocycles. The van der Waals surface area contributed by atoms with Crippen molar-refractivity contribution in [3.05, 3.63) is 52.9 Å². The summed E-state index contributed by atoms with van der Waals surface area (Å²) in [4.78, 5) is 7.42. The molecule has 122 valence electrons. The largest absolute Gasteiger partial charge is 0.394 e. The van der Waals surface area contributed by atoms with Crippen molar-refractivity contribution in [3.8, 4) is 0 Å². The molecule has 2 rings (SSSR count). The van der Waals surface area contributed by atoms with Crippen LogP contribution in [-0.2, 0) is 6.42 Å². The first-order chi connectivity index (χ1) is 10.9. The topological polar surface area (TPSA) is 77.3 Å². The maximum Gasteiger partial charge on any atom is 0.279 e. The number of allylic oxidation sites excluding steroid dienone is 1. The number of nitrogens with zero attached hydrogens (tertiary/aromatic N) is 3. The Morgan fingerprint density at radius 2 is 2.17 bits per heavy atom. The molecular weight excluding hydrogens is 309 g/mol. The van der Waals surface area contributed by atoms with Gasteiger partial charge in [0.1, 0.15) is 11.5 Å². The second kappa shape index (κ2) is 7.08. The Balaban J connectivity index is 2.23. The third-order valence-electron chi connectivity index (χ3n) is 3.19. The molecule has 0 bridgehead atoms. The summed E-state index contributed by atoms with van der Waals surface area (Å²) in [6, 6.07) is 4.71. The van der Waals surface area contributed by atoms with E-state index in [1.54, 1.807) is 19.1 Å². The van der Waals surface area contributed by atoms with Gasteiger partial charge in [0.25, 0.3) is 12.3 Å². The molecule has 0 unspecified atom stereocenters. The SMILES string of the molecule is CN=C(/C=C(\N)c1nc(Cc2c(C)cccc2F)no1)C(F)F. The third kappa shape index (κ3) is 3.97. The molecule has 0 saturated carbocycles. The molecule has 0 aliphatic rings. The van der Waals surface area contributed by atoms with E-state index in [0.29, 0.717) is 5.56 Å². The van der Waals surface area contributed by atoms with Crippen molar-refractivity contribution in [3.63, 3.8) is 0 Å². The van der Waals surface area contributed by atoms with Gasteiger partial charge in [-0.15, -0.1) is 0 Å². The summed E-state index contributed by atoms with van der Waals surface area (Å²) in [5, 5.41) is 3.69. The smallest absolute Gasteiger partial charge is 0.279 e. The van der Waals surface area contributed by atoms with Gasteiger partial charge < -0.3 is 10.3 Å². The summed E-state index contributed by atoms with van der Waals surface area (Å²) in [6.07, 6.45) is -1.68. The van der Waals surface area contributed by atoms with Gasteiger partial charge in [0.15, 0.2) is 5.82 Å². The molecular formula is C15H15F3N4O. The monoisotopic (exact) mass is 324 g/mol. The normalized spacial score (nSPS) is 13.0. The number of aryl methyl sites for hydroxylation is 1. The maximum absolute atomic E-state index is 13.8. The van der Waals surface area contributed by atoms with E-state index in [1.165, 1.54) is 13.1 Å². The van der Waals surface area contributed by atoms with E-state index in [4.69, 9.17) is 10.3 Å². The summed E-state index contributed by atoms with van der Waals surface area (Å²) in [5.41, 5.74) is 6.21. The van der Waals surface area contributed by atoms with Gasteiger partial charge in [-0.3, -0.25) is 4.99 Å². The van der Waals surface area contributed by atoms with E-state index in [2.05, 4.69) is 15.1 Å². The van der Waals surface area contributed by atoms with Crippen molar-refractivity contribution in [2.45, 2.75) is 19.8 Å². The van der Waals surface area contributed by atoms with Gasteiger partial charge in [0.2, 0.25) is 0 Å². The summed E-state index contributed by atoms with van der Waals surface area (Å²) >= 11 is 0. The molecule has 5 nitrogen and oxygen atoms in total. The first-order valence-corrected chi connectivity index (χ1v) is 6.71. The number of benzene rings is 1. The predicted molar refractivity (Wildman–Crippen MR) is 79.8 cm³/mol. The standard InChI is InChI=1S/C15H15F3N4O/c1-8-4-3-5-10(16)9(8)6-13-21-15(23-22-13)11(19)7-12(20-2)14(17)18/h3-5,7,14H,6,19H2,1-2H3/b11-7-,20-12?. The first kappa shape index (κ1) is 16.7. The Kier molecular flexibility index (Phi) is 5.15. The lowest BCUT2D eigenvalue weighted by atomic mass is 10.1. The molecule has 0 saturated heterocycles. The van der Waals surface area contributed by atoms with Crippen LogP contribution in [0.5, 0.6) is 0 Å². The van der Waals surface area contributed by atoms with Gasteiger partial charge in [-0.05, 0) is 30.2 Å². The highest BCUT2D eigenvalue weighted by molar-refractivity contribution is 6.01. The number of hydrogen-bond donors (Lipinski definition) is 1. The van der Waals surface area contributed by atoms with Gasteiger partial charge in [-0.1, -0.05) is 17.3 Å². The number of aromatic nitrogens is 2. The third-order valence-corrected chi connectivity index (χ3v) is 3.19. The van der Waals surface area contributed by atoms with E-state index in [9.17, 15) is 13.2 Å². The Bertz CT molecular complexity index is 733. The highest BCUT2D eigenvalue weighted by atomic mass is 19.3. The van der Waals surface area contributed by atoms with Crippen LogP contribution < -0.4 is 5.73 Å². The van der Waals surface area contributed by atoms with Gasteiger partial charge >= 0.3 is 0 Å². The van der Waals surface area contributed by atoms with Gasteiger partial charge in [0.05, 0.1) is 5.70 Å². The lowest BCUT2D eigenvalue weighted by molar-refractivity contribution is 0.226. The summed E-state index contributed by atoms with van der Waals surface area (Å²) in [5.74, 6) is -0.287. The van der Waals surface area contributed by atoms with Crippen LogP contribution in [0.3, 0.4) is 0 Å². The summed E-state index contributed by atoms with van der Waals surface area (Å²) < 4.78 is 43.9. The Morgan fingerprint density at radius 1 is 1.43 bits per heavy atom. The summed E-state index contributed by atoms with van der Waals surface area (Å²) in [7, 11) is 1.23. The molecule has 0 aliphatic heterocycles. The average molecular weight is 324 g/mol. The van der Waals surface area contributed by atoms with Crippen molar-refractivity contribution in [2.24, 2.45) is 10.7 Å². The number of hydrogen-bond acceptors (Lipinski definition) is 5. The molecule has 23 heavy (non-hydrogen) atoms. The zero-order chi connectivity index (χ0) is 17.0. The highest BCUT2D eigenvalue weighted by Gasteiger charge is 2.15. The number of rotatable bonds is 5. The number of halogens is 3. The van der Waals surface area contributed by atoms with Crippen LogP contribution in [0.4, 0.5) is 13.2 Å². The van der Waals surface area contributed by atoms with Crippen LogP contribution in [0.25, 0.3) is 5.70 Å². The molecule has 1 aromatic heterocycles. The van der Waals surface area contributed by atoms with Crippen molar-refractivity contribution in [1.82, 2.24) is 10.1 Å². The molecule has 2 aromatic rings. The van der Waals surface area contributed by atoms with Crippen LogP contribution in [0.1, 0.15) is 22.8 Å². The molecule has 0 aliphatic carbocycles. The molecule has 0 spiro atoms. The van der Waals surface area contributed by atoms with Crippen LogP contribution in [0.15, 0.2) is 33.8 Å². The number of alkyl halides is 2. The molecule has 0 fully saturated rings. The van der Waals surface area contributed by atoms with Crippen LogP contribution in [-0.4, -0.2) is 29.3 Å². The second-order valence-electron chi connectivity index (χ2n) is 4.78. The minimum Gasteiger partial charge on any atom is -0.394 e. The minimum atomic E-state index is -2.76. The summed E-state index contributed by atoms with van der Waals surface area (Å²) in [6.45, 7) is 1.76. The zero-order valence-electron chi connectivity index (χ0n) is 12.6. The molecule has 2 N–H and O–H groups in total. The van der Waals surface area contributed by atoms with Crippen LogP contribution >= 0.6 is 0 Å². The van der Waals surface area contributed by atoms with Crippen LogP contribution in [0, 0.1) is 12.7 Å². The van der Waals surface area contributed by atoms with E-state index in [0.717, 1.165) is 11.6 Å². The molecule has 1 heterocycles. The van der Waals surface area contributed by atoms with E-state index in [-0.39, 0.29) is 29.7 Å². The fourth-order valence-corrected chi connectivity index (χ4v) is 1.94. The van der Waals surface area contributed by atoms with E-state index >= 15 is 0 Å². The van der Waals surface area contributed by atoms with Crippen molar-refractivity contribution in [2.75, 3.05) is 7.05 Å². The first-order valence-electron chi connectivity index (χ1n) is 6.71. The van der Waals surface area contributed by atoms with E-state index < -0.39 is 12.1 Å². The number of nitrogens with two attached hydrogens (primary N) is 1. The Labute approximate surface area is 130 Å². The average Bonchev–Trinajstić information content (AvgIpc) is 2.97. The number of aliphatic imine (C=N–C) groups is 1. The van der Waals surface area contributed by atoms with Crippen molar-refractivity contribution >= 4 is 11.4 Å². The molecule has 8 heteroatoms. The van der Waals surface area contributed by atoms with Crippen molar-refractivity contribution < 1.29 is 17.7 Å². The second-order valence-corrected chi connectivity index (χ2v) is 4.78. The predicted octanol–water partition coefficient (Wildman–Crippen LogP) is 2.74. The highest BCUT2D eigenvalue weighted by Crippen LogP contribution is 2.17. The zero-order valence-corrected chi connectivity index (χ0v) is 12.6. The minimum absolute atomic E-state index is 0.110. The fourth-order valence-electron chi connectivity index (χ4n) is 1.94. The van der Waals surface area contributed by atoms with Gasteiger partial charge in [-0.2, -0.15) is 4.98 Å². The van der Waals surface area contributed by atoms with E-state index in [1.807, 2.05) is 0 Å². The lowest BCUT2D eigenvalue weighted by Gasteiger charge is -2.03. The van der Waals surface area contributed by atoms with Gasteiger partial charge in [-0.25, -0.2) is 13.2 Å². The van der Waals surface area contributed by atoms with Gasteiger partial charge in [0, 0.05) is 13.5 Å².